The van der Waals surface area contributed by atoms with E-state index in [2.05, 4.69) is 10.6 Å². The summed E-state index contributed by atoms with van der Waals surface area (Å²) in [5.74, 6) is 0.212. The van der Waals surface area contributed by atoms with Gasteiger partial charge in [0, 0.05) is 10.4 Å². The summed E-state index contributed by atoms with van der Waals surface area (Å²) >= 11 is 1.70. The molecule has 1 aromatic heterocycles. The van der Waals surface area contributed by atoms with Crippen molar-refractivity contribution in [3.8, 4) is 5.75 Å². The molecule has 1 atom stereocenters. The zero-order valence-corrected chi connectivity index (χ0v) is 13.2. The summed E-state index contributed by atoms with van der Waals surface area (Å²) in [5.41, 5.74) is 3.57. The SMILES string of the molecule is Cc1cccc([C@@H]2NC(=O)c3c(sc4c3CCCC4)N2)c1O. The second-order valence-electron chi connectivity index (χ2n) is 5.98. The maximum atomic E-state index is 12.6. The van der Waals surface area contributed by atoms with Gasteiger partial charge in [0.2, 0.25) is 0 Å². The molecule has 4 rings (SSSR count). The van der Waals surface area contributed by atoms with Crippen molar-refractivity contribution in [2.75, 3.05) is 5.32 Å². The van der Waals surface area contributed by atoms with E-state index in [0.29, 0.717) is 5.56 Å². The van der Waals surface area contributed by atoms with Gasteiger partial charge in [0.1, 0.15) is 16.9 Å². The van der Waals surface area contributed by atoms with Crippen LogP contribution in [0.2, 0.25) is 0 Å². The number of aryl methyl sites for hydroxylation is 2. The Morgan fingerprint density at radius 2 is 2.05 bits per heavy atom. The second kappa shape index (κ2) is 5.02. The van der Waals surface area contributed by atoms with Crippen LogP contribution < -0.4 is 10.6 Å². The first-order chi connectivity index (χ1) is 10.6. The van der Waals surface area contributed by atoms with Crippen molar-refractivity contribution >= 4 is 22.2 Å². The zero-order valence-electron chi connectivity index (χ0n) is 12.4. The molecule has 0 saturated heterocycles. The first kappa shape index (κ1) is 13.6. The van der Waals surface area contributed by atoms with Gasteiger partial charge in [-0.25, -0.2) is 0 Å². The van der Waals surface area contributed by atoms with Gasteiger partial charge in [-0.1, -0.05) is 18.2 Å². The quantitative estimate of drug-likeness (QED) is 0.755. The van der Waals surface area contributed by atoms with Crippen LogP contribution in [0, 0.1) is 6.92 Å². The number of phenolic OH excluding ortho intramolecular Hbond substituents is 1. The fourth-order valence-electron chi connectivity index (χ4n) is 3.35. The van der Waals surface area contributed by atoms with E-state index in [-0.39, 0.29) is 17.8 Å². The van der Waals surface area contributed by atoms with Crippen molar-refractivity contribution in [1.82, 2.24) is 5.32 Å². The molecule has 4 nitrogen and oxygen atoms in total. The standard InChI is InChI=1S/C17H18N2O2S/c1-9-5-4-7-11(14(9)20)15-18-16(21)13-10-6-2-3-8-12(10)22-17(13)19-15/h4-5,7,15,19-20H,2-3,6,8H2,1H3,(H,18,21)/t15-/m1/s1. The Bertz CT molecular complexity index is 766. The van der Waals surface area contributed by atoms with Crippen LogP contribution in [0.25, 0.3) is 0 Å². The van der Waals surface area contributed by atoms with Crippen LogP contribution in [0.1, 0.15) is 50.9 Å². The minimum Gasteiger partial charge on any atom is -0.507 e. The molecule has 2 heterocycles. The van der Waals surface area contributed by atoms with Crippen LogP contribution in [0.4, 0.5) is 5.00 Å². The Hall–Kier alpha value is -2.01. The molecule has 1 amide bonds. The van der Waals surface area contributed by atoms with Crippen LogP contribution in [0.3, 0.4) is 0 Å². The Morgan fingerprint density at radius 1 is 1.23 bits per heavy atom. The normalized spacial score (nSPS) is 19.9. The van der Waals surface area contributed by atoms with Crippen LogP contribution in [0.5, 0.6) is 5.75 Å². The van der Waals surface area contributed by atoms with Gasteiger partial charge >= 0.3 is 0 Å². The number of nitrogens with one attached hydrogen (secondary N) is 2. The molecule has 0 saturated carbocycles. The molecule has 3 N–H and O–H groups in total. The lowest BCUT2D eigenvalue weighted by atomic mass is 9.94. The molecule has 0 spiro atoms. The molecule has 0 fully saturated rings. The number of aromatic hydroxyl groups is 1. The summed E-state index contributed by atoms with van der Waals surface area (Å²) in [4.78, 5) is 13.9. The number of anilines is 1. The molecule has 5 heteroatoms. The van der Waals surface area contributed by atoms with Gasteiger partial charge in [0.05, 0.1) is 5.56 Å². The van der Waals surface area contributed by atoms with E-state index in [4.69, 9.17) is 0 Å². The minimum absolute atomic E-state index is 0.0287. The summed E-state index contributed by atoms with van der Waals surface area (Å²) in [6.07, 6.45) is 4.06. The summed E-state index contributed by atoms with van der Waals surface area (Å²) in [5, 5.41) is 17.6. The lowest BCUT2D eigenvalue weighted by Gasteiger charge is -2.27. The highest BCUT2D eigenvalue weighted by atomic mass is 32.1. The van der Waals surface area contributed by atoms with Crippen LogP contribution in [0.15, 0.2) is 18.2 Å². The molecule has 114 valence electrons. The number of rotatable bonds is 1. The maximum Gasteiger partial charge on any atom is 0.256 e. The van der Waals surface area contributed by atoms with E-state index in [1.165, 1.54) is 16.9 Å². The van der Waals surface area contributed by atoms with Gasteiger partial charge in [0.15, 0.2) is 0 Å². The first-order valence-electron chi connectivity index (χ1n) is 7.65. The van der Waals surface area contributed by atoms with E-state index in [1.807, 2.05) is 25.1 Å². The smallest absolute Gasteiger partial charge is 0.256 e. The molecule has 2 aliphatic rings. The predicted molar refractivity (Wildman–Crippen MR) is 87.6 cm³/mol. The highest BCUT2D eigenvalue weighted by Crippen LogP contribution is 2.42. The molecule has 0 unspecified atom stereocenters. The lowest BCUT2D eigenvalue weighted by Crippen LogP contribution is -2.38. The van der Waals surface area contributed by atoms with E-state index < -0.39 is 0 Å². The fourth-order valence-corrected chi connectivity index (χ4v) is 4.66. The molecule has 0 radical (unpaired) electrons. The van der Waals surface area contributed by atoms with Crippen LogP contribution >= 0.6 is 11.3 Å². The second-order valence-corrected chi connectivity index (χ2v) is 7.08. The molecule has 0 bridgehead atoms. The number of benzene rings is 1. The van der Waals surface area contributed by atoms with E-state index >= 15 is 0 Å². The third-order valence-electron chi connectivity index (χ3n) is 4.53. The van der Waals surface area contributed by atoms with Crippen LogP contribution in [-0.4, -0.2) is 11.0 Å². The fraction of sp³-hybridized carbons (Fsp3) is 0.353. The minimum atomic E-state index is -0.375. The van der Waals surface area contributed by atoms with Crippen molar-refractivity contribution in [3.63, 3.8) is 0 Å². The molecule has 2 aromatic rings. The number of amides is 1. The van der Waals surface area contributed by atoms with Gasteiger partial charge in [-0.15, -0.1) is 11.3 Å². The molecular formula is C17H18N2O2S. The third-order valence-corrected chi connectivity index (χ3v) is 5.75. The van der Waals surface area contributed by atoms with Crippen LogP contribution in [-0.2, 0) is 12.8 Å². The maximum absolute atomic E-state index is 12.6. The topological polar surface area (TPSA) is 61.4 Å². The van der Waals surface area contributed by atoms with E-state index in [9.17, 15) is 9.90 Å². The first-order valence-corrected chi connectivity index (χ1v) is 8.47. The average molecular weight is 314 g/mol. The van der Waals surface area contributed by atoms with Crippen molar-refractivity contribution in [3.05, 3.63) is 45.3 Å². The largest absolute Gasteiger partial charge is 0.507 e. The number of hydrogen-bond donors (Lipinski definition) is 3. The predicted octanol–water partition coefficient (Wildman–Crippen LogP) is 3.50. The highest BCUT2D eigenvalue weighted by molar-refractivity contribution is 7.16. The van der Waals surface area contributed by atoms with Gasteiger partial charge in [-0.2, -0.15) is 0 Å². The van der Waals surface area contributed by atoms with Crippen molar-refractivity contribution in [1.29, 1.82) is 0 Å². The number of hydrogen-bond acceptors (Lipinski definition) is 4. The molecule has 1 aromatic carbocycles. The Labute approximate surface area is 133 Å². The van der Waals surface area contributed by atoms with Crippen molar-refractivity contribution < 1.29 is 9.90 Å². The molecule has 22 heavy (non-hydrogen) atoms. The number of carbonyl (C=O) groups excluding carboxylic acids is 1. The average Bonchev–Trinajstić information content (AvgIpc) is 2.88. The Kier molecular flexibility index (Phi) is 3.11. The van der Waals surface area contributed by atoms with Gasteiger partial charge < -0.3 is 15.7 Å². The van der Waals surface area contributed by atoms with E-state index in [0.717, 1.165) is 35.4 Å². The number of carbonyl (C=O) groups is 1. The summed E-state index contributed by atoms with van der Waals surface area (Å²) in [6, 6.07) is 5.60. The van der Waals surface area contributed by atoms with E-state index in [1.54, 1.807) is 11.3 Å². The highest BCUT2D eigenvalue weighted by Gasteiger charge is 2.32. The molecule has 1 aliphatic carbocycles. The molecule has 1 aliphatic heterocycles. The third kappa shape index (κ3) is 2.00. The monoisotopic (exact) mass is 314 g/mol. The van der Waals surface area contributed by atoms with Gasteiger partial charge in [0.25, 0.3) is 5.91 Å². The van der Waals surface area contributed by atoms with Gasteiger partial charge in [-0.05, 0) is 43.7 Å². The van der Waals surface area contributed by atoms with Gasteiger partial charge in [-0.3, -0.25) is 4.79 Å². The summed E-state index contributed by atoms with van der Waals surface area (Å²) in [6.45, 7) is 1.86. The number of phenols is 1. The Balaban J connectivity index is 1.75. The number of fused-ring (bicyclic) bond motifs is 3. The van der Waals surface area contributed by atoms with Crippen molar-refractivity contribution in [2.24, 2.45) is 0 Å². The number of thiophene rings is 1. The number of para-hydroxylation sites is 1. The Morgan fingerprint density at radius 3 is 2.91 bits per heavy atom. The lowest BCUT2D eigenvalue weighted by molar-refractivity contribution is 0.0935. The molecular weight excluding hydrogens is 296 g/mol. The van der Waals surface area contributed by atoms with Crippen molar-refractivity contribution in [2.45, 2.75) is 38.8 Å². The summed E-state index contributed by atoms with van der Waals surface area (Å²) < 4.78 is 0. The summed E-state index contributed by atoms with van der Waals surface area (Å²) in [7, 11) is 0. The zero-order chi connectivity index (χ0) is 15.3.